The van der Waals surface area contributed by atoms with Crippen LogP contribution in [0, 0.1) is 0 Å². The standard InChI is InChI=1S/C17H22N2O3S/c20-23(21,15-8-2-1-3-9-15)19-17-11-5-4-10-16(17)18-13-14-7-6-12-22-14/h1-3,6-9,12,16-19H,4-5,10-11,13H2/t16-,17+/m1/s1. The molecule has 3 rings (SSSR count). The van der Waals surface area contributed by atoms with Crippen LogP contribution in [0.1, 0.15) is 31.4 Å². The molecule has 1 aliphatic carbocycles. The second-order valence-corrected chi connectivity index (χ2v) is 7.61. The van der Waals surface area contributed by atoms with E-state index in [1.807, 2.05) is 18.2 Å². The molecule has 1 aromatic heterocycles. The predicted molar refractivity (Wildman–Crippen MR) is 88.4 cm³/mol. The molecule has 0 aliphatic heterocycles. The van der Waals surface area contributed by atoms with Crippen LogP contribution in [0.25, 0.3) is 0 Å². The van der Waals surface area contributed by atoms with Gasteiger partial charge in [0, 0.05) is 12.1 Å². The van der Waals surface area contributed by atoms with Gasteiger partial charge in [0.2, 0.25) is 10.0 Å². The second-order valence-electron chi connectivity index (χ2n) is 5.89. The number of benzene rings is 1. The average Bonchev–Trinajstić information content (AvgIpc) is 3.08. The van der Waals surface area contributed by atoms with Gasteiger partial charge in [-0.25, -0.2) is 13.1 Å². The molecule has 2 atom stereocenters. The summed E-state index contributed by atoms with van der Waals surface area (Å²) in [6.45, 7) is 0.612. The third-order valence-electron chi connectivity index (χ3n) is 4.24. The first kappa shape index (κ1) is 16.2. The largest absolute Gasteiger partial charge is 0.468 e. The number of hydrogen-bond acceptors (Lipinski definition) is 4. The highest BCUT2D eigenvalue weighted by molar-refractivity contribution is 7.89. The minimum absolute atomic E-state index is 0.0936. The summed E-state index contributed by atoms with van der Waals surface area (Å²) in [5.41, 5.74) is 0. The van der Waals surface area contributed by atoms with Crippen molar-refractivity contribution < 1.29 is 12.8 Å². The molecular formula is C17H22N2O3S. The monoisotopic (exact) mass is 334 g/mol. The number of rotatable bonds is 6. The van der Waals surface area contributed by atoms with Crippen LogP contribution >= 0.6 is 0 Å². The van der Waals surface area contributed by atoms with Gasteiger partial charge in [-0.05, 0) is 37.1 Å². The summed E-state index contributed by atoms with van der Waals surface area (Å²) in [5.74, 6) is 0.861. The van der Waals surface area contributed by atoms with E-state index in [1.165, 1.54) is 0 Å². The Morgan fingerprint density at radius 3 is 2.43 bits per heavy atom. The van der Waals surface area contributed by atoms with Crippen molar-refractivity contribution >= 4 is 10.0 Å². The number of furan rings is 1. The summed E-state index contributed by atoms with van der Waals surface area (Å²) in [5, 5.41) is 3.43. The zero-order valence-electron chi connectivity index (χ0n) is 12.9. The van der Waals surface area contributed by atoms with Gasteiger partial charge in [-0.1, -0.05) is 31.0 Å². The van der Waals surface area contributed by atoms with Crippen LogP contribution in [0.5, 0.6) is 0 Å². The van der Waals surface area contributed by atoms with Crippen LogP contribution in [0.3, 0.4) is 0 Å². The second kappa shape index (κ2) is 7.29. The van der Waals surface area contributed by atoms with Gasteiger partial charge in [0.15, 0.2) is 0 Å². The molecule has 1 heterocycles. The van der Waals surface area contributed by atoms with Crippen molar-refractivity contribution in [3.63, 3.8) is 0 Å². The minimum atomic E-state index is -3.48. The van der Waals surface area contributed by atoms with E-state index >= 15 is 0 Å². The van der Waals surface area contributed by atoms with Gasteiger partial charge in [-0.15, -0.1) is 0 Å². The lowest BCUT2D eigenvalue weighted by Crippen LogP contribution is -2.51. The highest BCUT2D eigenvalue weighted by Crippen LogP contribution is 2.21. The van der Waals surface area contributed by atoms with Crippen LogP contribution in [-0.4, -0.2) is 20.5 Å². The molecular weight excluding hydrogens is 312 g/mol. The summed E-state index contributed by atoms with van der Waals surface area (Å²) >= 11 is 0. The fourth-order valence-electron chi connectivity index (χ4n) is 3.03. The van der Waals surface area contributed by atoms with Gasteiger partial charge in [0.05, 0.1) is 17.7 Å². The highest BCUT2D eigenvalue weighted by atomic mass is 32.2. The van der Waals surface area contributed by atoms with Gasteiger partial charge in [-0.3, -0.25) is 0 Å². The lowest BCUT2D eigenvalue weighted by molar-refractivity contribution is 0.301. The molecule has 6 heteroatoms. The van der Waals surface area contributed by atoms with Crippen LogP contribution in [-0.2, 0) is 16.6 Å². The Morgan fingerprint density at radius 1 is 1.00 bits per heavy atom. The van der Waals surface area contributed by atoms with Gasteiger partial charge in [-0.2, -0.15) is 0 Å². The molecule has 124 valence electrons. The molecule has 2 aromatic rings. The maximum absolute atomic E-state index is 12.5. The van der Waals surface area contributed by atoms with Crippen molar-refractivity contribution in [2.24, 2.45) is 0 Å². The van der Waals surface area contributed by atoms with Gasteiger partial charge in [0.1, 0.15) is 5.76 Å². The maximum Gasteiger partial charge on any atom is 0.240 e. The Balaban J connectivity index is 1.66. The van der Waals surface area contributed by atoms with E-state index in [1.54, 1.807) is 30.5 Å². The van der Waals surface area contributed by atoms with E-state index < -0.39 is 10.0 Å². The van der Waals surface area contributed by atoms with E-state index in [9.17, 15) is 8.42 Å². The SMILES string of the molecule is O=S(=O)(N[C@H]1CCCC[C@H]1NCc1ccco1)c1ccccc1. The Bertz CT molecular complexity index is 699. The topological polar surface area (TPSA) is 71.3 Å². The summed E-state index contributed by atoms with van der Waals surface area (Å²) in [4.78, 5) is 0.315. The van der Waals surface area contributed by atoms with Gasteiger partial charge < -0.3 is 9.73 Å². The van der Waals surface area contributed by atoms with Crippen molar-refractivity contribution in [1.29, 1.82) is 0 Å². The summed E-state index contributed by atoms with van der Waals surface area (Å²) in [7, 11) is -3.48. The normalized spacial score (nSPS) is 22.1. The Hall–Kier alpha value is -1.63. The highest BCUT2D eigenvalue weighted by Gasteiger charge is 2.29. The smallest absolute Gasteiger partial charge is 0.240 e. The first-order valence-electron chi connectivity index (χ1n) is 7.98. The van der Waals surface area contributed by atoms with Crippen molar-refractivity contribution in [1.82, 2.24) is 10.0 Å². The first-order chi connectivity index (χ1) is 11.1. The molecule has 5 nitrogen and oxygen atoms in total. The summed E-state index contributed by atoms with van der Waals surface area (Å²) < 4.78 is 33.2. The van der Waals surface area contributed by atoms with E-state index in [0.717, 1.165) is 31.4 Å². The average molecular weight is 334 g/mol. The quantitative estimate of drug-likeness (QED) is 0.852. The number of hydrogen-bond donors (Lipinski definition) is 2. The molecule has 0 bridgehead atoms. The van der Waals surface area contributed by atoms with Crippen molar-refractivity contribution in [2.45, 2.75) is 49.2 Å². The third-order valence-corrected chi connectivity index (χ3v) is 5.75. The Labute approximate surface area is 137 Å². The number of sulfonamides is 1. The molecule has 23 heavy (non-hydrogen) atoms. The lowest BCUT2D eigenvalue weighted by atomic mass is 9.91. The summed E-state index contributed by atoms with van der Waals surface area (Å²) in [6, 6.07) is 12.3. The molecule has 0 saturated heterocycles. The van der Waals surface area contributed by atoms with Crippen molar-refractivity contribution in [3.05, 3.63) is 54.5 Å². The van der Waals surface area contributed by atoms with Crippen LogP contribution in [0.15, 0.2) is 58.0 Å². The molecule has 0 amide bonds. The van der Waals surface area contributed by atoms with E-state index in [-0.39, 0.29) is 12.1 Å². The third kappa shape index (κ3) is 4.22. The van der Waals surface area contributed by atoms with Crippen LogP contribution in [0.4, 0.5) is 0 Å². The fraction of sp³-hybridized carbons (Fsp3) is 0.412. The Kier molecular flexibility index (Phi) is 5.15. The minimum Gasteiger partial charge on any atom is -0.468 e. The molecule has 1 aliphatic rings. The van der Waals surface area contributed by atoms with Gasteiger partial charge >= 0.3 is 0 Å². The van der Waals surface area contributed by atoms with Crippen LogP contribution < -0.4 is 10.0 Å². The predicted octanol–water partition coefficient (Wildman–Crippen LogP) is 2.66. The molecule has 1 saturated carbocycles. The molecule has 2 N–H and O–H groups in total. The van der Waals surface area contributed by atoms with Crippen LogP contribution in [0.2, 0.25) is 0 Å². The van der Waals surface area contributed by atoms with E-state index in [0.29, 0.717) is 11.4 Å². The number of nitrogens with one attached hydrogen (secondary N) is 2. The molecule has 0 unspecified atom stereocenters. The zero-order valence-corrected chi connectivity index (χ0v) is 13.8. The lowest BCUT2D eigenvalue weighted by Gasteiger charge is -2.32. The van der Waals surface area contributed by atoms with E-state index in [4.69, 9.17) is 4.42 Å². The fourth-order valence-corrected chi connectivity index (χ4v) is 4.36. The Morgan fingerprint density at radius 2 is 1.74 bits per heavy atom. The molecule has 0 spiro atoms. The van der Waals surface area contributed by atoms with E-state index in [2.05, 4.69) is 10.0 Å². The molecule has 1 fully saturated rings. The molecule has 1 aromatic carbocycles. The van der Waals surface area contributed by atoms with Crippen molar-refractivity contribution in [2.75, 3.05) is 0 Å². The first-order valence-corrected chi connectivity index (χ1v) is 9.46. The zero-order chi connectivity index (χ0) is 16.1. The van der Waals surface area contributed by atoms with Gasteiger partial charge in [0.25, 0.3) is 0 Å². The molecule has 0 radical (unpaired) electrons. The van der Waals surface area contributed by atoms with Crippen molar-refractivity contribution in [3.8, 4) is 0 Å². The maximum atomic E-state index is 12.5. The summed E-state index contributed by atoms with van der Waals surface area (Å²) in [6.07, 6.45) is 5.61.